The van der Waals surface area contributed by atoms with Gasteiger partial charge >= 0.3 is 17.9 Å². The van der Waals surface area contributed by atoms with Gasteiger partial charge in [0.05, 0.1) is 0 Å². The lowest BCUT2D eigenvalue weighted by molar-refractivity contribution is -0.166. The zero-order valence-corrected chi connectivity index (χ0v) is 50.7. The van der Waals surface area contributed by atoms with Crippen LogP contribution in [0, 0.1) is 0 Å². The molecule has 0 spiro atoms. The van der Waals surface area contributed by atoms with E-state index >= 15 is 0 Å². The molecule has 0 heterocycles. The van der Waals surface area contributed by atoms with Crippen LogP contribution in [0.2, 0.25) is 0 Å². The molecular formula is C71H122O6. The second-order valence-corrected chi connectivity index (χ2v) is 21.6. The maximum Gasteiger partial charge on any atom is 0.306 e. The number of carbonyl (C=O) groups is 3. The summed E-state index contributed by atoms with van der Waals surface area (Å²) in [6.07, 6.45) is 87.3. The Morgan fingerprint density at radius 1 is 0.273 bits per heavy atom. The standard InChI is InChI=1S/C71H122O6/c1-4-7-10-13-16-19-22-25-27-29-30-31-32-33-34-35-36-37-38-39-40-42-43-46-49-52-55-58-61-64-70(73)76-67-68(66-75-69(72)63-60-57-54-51-48-45-24-21-18-15-12-9-6-3)77-71(74)65-62-59-56-53-50-47-44-41-28-26-23-20-17-14-11-8-5-2/h9,12,17-18,20-22,25-26,28-30,45,48,54,57,68H,4-8,10-11,13-16,19,23-24,27,31-44,46-47,49-53,55-56,58-67H2,1-3H3/b12-9-,20-17-,21-18-,25-22-,28-26-,30-29-,48-45-,57-54-. The average Bonchev–Trinajstić information content (AvgIpc) is 3.43. The smallest absolute Gasteiger partial charge is 0.306 e. The predicted octanol–water partition coefficient (Wildman–Crippen LogP) is 22.4. The Labute approximate surface area is 477 Å². The molecular weight excluding hydrogens is 949 g/mol. The summed E-state index contributed by atoms with van der Waals surface area (Å²) in [6, 6.07) is 0. The maximum absolute atomic E-state index is 12.9. The Hall–Kier alpha value is -3.67. The van der Waals surface area contributed by atoms with E-state index in [0.29, 0.717) is 19.3 Å². The number of esters is 3. The van der Waals surface area contributed by atoms with Crippen molar-refractivity contribution in [1.82, 2.24) is 0 Å². The van der Waals surface area contributed by atoms with Crippen molar-refractivity contribution in [3.63, 3.8) is 0 Å². The normalized spacial score (nSPS) is 12.7. The highest BCUT2D eigenvalue weighted by Gasteiger charge is 2.19. The number of hydrogen-bond donors (Lipinski definition) is 0. The number of rotatable bonds is 59. The molecule has 0 saturated heterocycles. The maximum atomic E-state index is 12.9. The molecule has 6 heteroatoms. The highest BCUT2D eigenvalue weighted by Crippen LogP contribution is 2.17. The van der Waals surface area contributed by atoms with Crippen LogP contribution >= 0.6 is 0 Å². The highest BCUT2D eigenvalue weighted by atomic mass is 16.6. The molecule has 1 unspecified atom stereocenters. The van der Waals surface area contributed by atoms with Crippen molar-refractivity contribution in [3.05, 3.63) is 97.2 Å². The first kappa shape index (κ1) is 73.3. The van der Waals surface area contributed by atoms with E-state index in [1.54, 1.807) is 0 Å². The summed E-state index contributed by atoms with van der Waals surface area (Å²) in [4.78, 5) is 38.2. The third-order valence-corrected chi connectivity index (χ3v) is 14.1. The second-order valence-electron chi connectivity index (χ2n) is 21.6. The van der Waals surface area contributed by atoms with Gasteiger partial charge in [-0.2, -0.15) is 0 Å². The Kier molecular flexibility index (Phi) is 61.8. The molecule has 0 rings (SSSR count). The predicted molar refractivity (Wildman–Crippen MR) is 334 cm³/mol. The number of unbranched alkanes of at least 4 members (excludes halogenated alkanes) is 32. The lowest BCUT2D eigenvalue weighted by Gasteiger charge is -2.18. The van der Waals surface area contributed by atoms with Crippen LogP contribution in [0.1, 0.15) is 316 Å². The van der Waals surface area contributed by atoms with Gasteiger partial charge in [-0.25, -0.2) is 0 Å². The van der Waals surface area contributed by atoms with Crippen LogP contribution in [0.5, 0.6) is 0 Å². The average molecular weight is 1070 g/mol. The molecule has 77 heavy (non-hydrogen) atoms. The van der Waals surface area contributed by atoms with E-state index in [-0.39, 0.29) is 37.5 Å². The van der Waals surface area contributed by atoms with Gasteiger partial charge in [0.15, 0.2) is 6.10 Å². The van der Waals surface area contributed by atoms with Crippen LogP contribution in [0.15, 0.2) is 97.2 Å². The molecule has 0 aromatic carbocycles. The number of ether oxygens (including phenoxy) is 3. The van der Waals surface area contributed by atoms with Gasteiger partial charge in [-0.15, -0.1) is 0 Å². The minimum atomic E-state index is -0.811. The van der Waals surface area contributed by atoms with Crippen LogP contribution in [-0.2, 0) is 28.6 Å². The largest absolute Gasteiger partial charge is 0.462 e. The van der Waals surface area contributed by atoms with Gasteiger partial charge in [0.25, 0.3) is 0 Å². The Balaban J connectivity index is 4.26. The van der Waals surface area contributed by atoms with E-state index in [0.717, 1.165) is 83.5 Å². The minimum Gasteiger partial charge on any atom is -0.462 e. The molecule has 1 atom stereocenters. The molecule has 0 bridgehead atoms. The van der Waals surface area contributed by atoms with E-state index < -0.39 is 6.10 Å². The molecule has 0 saturated carbocycles. The third-order valence-electron chi connectivity index (χ3n) is 14.1. The van der Waals surface area contributed by atoms with Gasteiger partial charge in [-0.1, -0.05) is 285 Å². The Bertz CT molecular complexity index is 1510. The van der Waals surface area contributed by atoms with E-state index in [1.165, 1.54) is 186 Å². The summed E-state index contributed by atoms with van der Waals surface area (Å²) in [5.74, 6) is -0.985. The van der Waals surface area contributed by atoms with Gasteiger partial charge in [0, 0.05) is 19.3 Å². The second kappa shape index (κ2) is 64.9. The van der Waals surface area contributed by atoms with Crippen LogP contribution in [0.3, 0.4) is 0 Å². The zero-order chi connectivity index (χ0) is 55.7. The quantitative estimate of drug-likeness (QED) is 0.0261. The fourth-order valence-corrected chi connectivity index (χ4v) is 9.17. The van der Waals surface area contributed by atoms with E-state index in [2.05, 4.69) is 112 Å². The first-order valence-corrected chi connectivity index (χ1v) is 32.7. The van der Waals surface area contributed by atoms with Gasteiger partial charge in [-0.3, -0.25) is 14.4 Å². The van der Waals surface area contributed by atoms with Crippen molar-refractivity contribution < 1.29 is 28.6 Å². The van der Waals surface area contributed by atoms with Gasteiger partial charge in [0.2, 0.25) is 0 Å². The van der Waals surface area contributed by atoms with Gasteiger partial charge < -0.3 is 14.2 Å². The van der Waals surface area contributed by atoms with Crippen molar-refractivity contribution in [2.45, 2.75) is 322 Å². The highest BCUT2D eigenvalue weighted by molar-refractivity contribution is 5.71. The molecule has 0 aliphatic carbocycles. The first-order chi connectivity index (χ1) is 38.0. The number of hydrogen-bond acceptors (Lipinski definition) is 6. The fourth-order valence-electron chi connectivity index (χ4n) is 9.17. The first-order valence-electron chi connectivity index (χ1n) is 32.7. The summed E-state index contributed by atoms with van der Waals surface area (Å²) in [6.45, 7) is 6.44. The topological polar surface area (TPSA) is 78.9 Å². The molecule has 442 valence electrons. The van der Waals surface area contributed by atoms with Crippen molar-refractivity contribution in [2.24, 2.45) is 0 Å². The zero-order valence-electron chi connectivity index (χ0n) is 50.7. The van der Waals surface area contributed by atoms with Gasteiger partial charge in [0.1, 0.15) is 13.2 Å². The lowest BCUT2D eigenvalue weighted by atomic mass is 10.0. The molecule has 0 aromatic heterocycles. The third kappa shape index (κ3) is 63.0. The van der Waals surface area contributed by atoms with Crippen LogP contribution in [0.25, 0.3) is 0 Å². The fraction of sp³-hybridized carbons (Fsp3) is 0.732. The summed E-state index contributed by atoms with van der Waals surface area (Å²) in [7, 11) is 0. The molecule has 0 aromatic rings. The molecule has 6 nitrogen and oxygen atoms in total. The molecule has 0 fully saturated rings. The van der Waals surface area contributed by atoms with Gasteiger partial charge in [-0.05, 0) is 109 Å². The Morgan fingerprint density at radius 3 is 0.896 bits per heavy atom. The molecule has 0 aliphatic rings. The van der Waals surface area contributed by atoms with Crippen LogP contribution in [-0.4, -0.2) is 37.2 Å². The summed E-state index contributed by atoms with van der Waals surface area (Å²) in [5, 5.41) is 0. The molecule has 0 amide bonds. The van der Waals surface area contributed by atoms with Crippen LogP contribution < -0.4 is 0 Å². The van der Waals surface area contributed by atoms with E-state index in [1.807, 2.05) is 6.08 Å². The molecule has 0 N–H and O–H groups in total. The monoisotopic (exact) mass is 1070 g/mol. The number of carbonyl (C=O) groups excluding carboxylic acids is 3. The lowest BCUT2D eigenvalue weighted by Crippen LogP contribution is -2.30. The summed E-state index contributed by atoms with van der Waals surface area (Å²) in [5.41, 5.74) is 0. The Morgan fingerprint density at radius 2 is 0.532 bits per heavy atom. The van der Waals surface area contributed by atoms with Crippen molar-refractivity contribution in [1.29, 1.82) is 0 Å². The van der Waals surface area contributed by atoms with E-state index in [4.69, 9.17) is 14.2 Å². The molecule has 0 aliphatic heterocycles. The van der Waals surface area contributed by atoms with Crippen LogP contribution in [0.4, 0.5) is 0 Å². The van der Waals surface area contributed by atoms with Crippen molar-refractivity contribution >= 4 is 17.9 Å². The van der Waals surface area contributed by atoms with E-state index in [9.17, 15) is 14.4 Å². The van der Waals surface area contributed by atoms with Crippen molar-refractivity contribution in [2.75, 3.05) is 13.2 Å². The molecule has 0 radical (unpaired) electrons. The number of allylic oxidation sites excluding steroid dienone is 16. The summed E-state index contributed by atoms with van der Waals surface area (Å²) < 4.78 is 16.8. The van der Waals surface area contributed by atoms with Crippen molar-refractivity contribution in [3.8, 4) is 0 Å². The minimum absolute atomic E-state index is 0.101. The summed E-state index contributed by atoms with van der Waals surface area (Å²) >= 11 is 0. The SMILES string of the molecule is CC/C=C\C/C=C\C/C=C\C/C=C\CCC(=O)OCC(COC(=O)CCCCCCCCCCCCCCCCCCC/C=C\C/C=C\CCCCCCC)OC(=O)CCCCCCCCC/C=C\C/C=C\CCCCC.